The lowest BCUT2D eigenvalue weighted by molar-refractivity contribution is -0.133. The number of likely N-dealkylation sites (tertiary alicyclic amines) is 2. The summed E-state index contributed by atoms with van der Waals surface area (Å²) in [5.74, 6) is 1.19. The number of carbonyl (C=O) groups excluding carboxylic acids is 1. The molecule has 174 valence electrons. The standard InChI is InChI=1S/C24H39N5O.HI/c1-4-25-24(27-21-13-15-29(18-21)23(30)19(2)3)26-16-22-12-8-9-14-28(22)17-20-10-6-5-7-11-20;/h5-7,10-11,19,21-22H,4,8-9,12-18H2,1-3H3,(H2,25,26,27);1H. The van der Waals surface area contributed by atoms with Crippen molar-refractivity contribution in [1.82, 2.24) is 20.4 Å². The molecule has 3 rings (SSSR count). The van der Waals surface area contributed by atoms with Crippen LogP contribution in [-0.2, 0) is 11.3 Å². The summed E-state index contributed by atoms with van der Waals surface area (Å²) in [6.45, 7) is 11.4. The predicted octanol–water partition coefficient (Wildman–Crippen LogP) is 3.47. The Morgan fingerprint density at radius 3 is 2.65 bits per heavy atom. The van der Waals surface area contributed by atoms with E-state index in [4.69, 9.17) is 4.99 Å². The van der Waals surface area contributed by atoms with Gasteiger partial charge in [-0.15, -0.1) is 24.0 Å². The Kier molecular flexibility index (Phi) is 11.1. The number of amides is 1. The van der Waals surface area contributed by atoms with Crippen LogP contribution in [0.25, 0.3) is 0 Å². The number of aliphatic imine (C=N–C) groups is 1. The van der Waals surface area contributed by atoms with Gasteiger partial charge in [-0.3, -0.25) is 14.7 Å². The van der Waals surface area contributed by atoms with E-state index in [0.29, 0.717) is 6.04 Å². The zero-order valence-corrected chi connectivity index (χ0v) is 21.7. The quantitative estimate of drug-likeness (QED) is 0.316. The first-order valence-corrected chi connectivity index (χ1v) is 11.7. The Morgan fingerprint density at radius 2 is 1.94 bits per heavy atom. The molecule has 2 heterocycles. The Hall–Kier alpha value is -1.35. The first-order chi connectivity index (χ1) is 14.6. The van der Waals surface area contributed by atoms with Gasteiger partial charge in [0.25, 0.3) is 0 Å². The summed E-state index contributed by atoms with van der Waals surface area (Å²) < 4.78 is 0. The van der Waals surface area contributed by atoms with E-state index in [1.165, 1.54) is 24.8 Å². The van der Waals surface area contributed by atoms with Crippen LogP contribution in [0.3, 0.4) is 0 Å². The topological polar surface area (TPSA) is 60.0 Å². The van der Waals surface area contributed by atoms with E-state index in [1.807, 2.05) is 18.7 Å². The highest BCUT2D eigenvalue weighted by Gasteiger charge is 2.28. The molecule has 2 atom stereocenters. The molecule has 1 aromatic rings. The van der Waals surface area contributed by atoms with Gasteiger partial charge < -0.3 is 15.5 Å². The third-order valence-electron chi connectivity index (χ3n) is 6.12. The average molecular weight is 542 g/mol. The van der Waals surface area contributed by atoms with Crippen LogP contribution < -0.4 is 10.6 Å². The Labute approximate surface area is 205 Å². The van der Waals surface area contributed by atoms with E-state index in [-0.39, 0.29) is 41.8 Å². The second-order valence-corrected chi connectivity index (χ2v) is 8.89. The van der Waals surface area contributed by atoms with Crippen molar-refractivity contribution in [1.29, 1.82) is 0 Å². The van der Waals surface area contributed by atoms with Gasteiger partial charge in [0.2, 0.25) is 5.91 Å². The van der Waals surface area contributed by atoms with Gasteiger partial charge >= 0.3 is 0 Å². The zero-order valence-electron chi connectivity index (χ0n) is 19.3. The van der Waals surface area contributed by atoms with Crippen LogP contribution in [0.1, 0.15) is 52.0 Å². The van der Waals surface area contributed by atoms with E-state index in [9.17, 15) is 4.79 Å². The summed E-state index contributed by atoms with van der Waals surface area (Å²) in [6, 6.07) is 11.5. The van der Waals surface area contributed by atoms with Gasteiger partial charge in [0, 0.05) is 44.2 Å². The van der Waals surface area contributed by atoms with Crippen LogP contribution in [0.4, 0.5) is 0 Å². The Morgan fingerprint density at radius 1 is 1.16 bits per heavy atom. The number of rotatable bonds is 7. The summed E-state index contributed by atoms with van der Waals surface area (Å²) in [6.07, 6.45) is 4.74. The molecule has 0 saturated carbocycles. The molecular formula is C24H40IN5O. The van der Waals surface area contributed by atoms with Crippen molar-refractivity contribution in [3.05, 3.63) is 35.9 Å². The molecule has 2 saturated heterocycles. The molecule has 2 N–H and O–H groups in total. The number of nitrogens with one attached hydrogen (secondary N) is 2. The second kappa shape index (κ2) is 13.3. The summed E-state index contributed by atoms with van der Waals surface area (Å²) in [4.78, 5) is 21.8. The van der Waals surface area contributed by atoms with Crippen LogP contribution in [0.2, 0.25) is 0 Å². The fraction of sp³-hybridized carbons (Fsp3) is 0.667. The molecule has 2 aliphatic rings. The highest BCUT2D eigenvalue weighted by atomic mass is 127. The lowest BCUT2D eigenvalue weighted by Crippen LogP contribution is -2.46. The van der Waals surface area contributed by atoms with Crippen molar-refractivity contribution >= 4 is 35.8 Å². The molecule has 2 aliphatic heterocycles. The zero-order chi connectivity index (χ0) is 21.3. The molecule has 0 spiro atoms. The minimum Gasteiger partial charge on any atom is -0.357 e. The summed E-state index contributed by atoms with van der Waals surface area (Å²) in [5, 5.41) is 6.97. The molecule has 0 bridgehead atoms. The van der Waals surface area contributed by atoms with E-state index < -0.39 is 0 Å². The van der Waals surface area contributed by atoms with Gasteiger partial charge in [-0.05, 0) is 38.3 Å². The van der Waals surface area contributed by atoms with Crippen molar-refractivity contribution in [3.63, 3.8) is 0 Å². The molecule has 1 aromatic carbocycles. The normalized spacial score (nSPS) is 22.3. The SMILES string of the molecule is CCNC(=NCC1CCCCN1Cc1ccccc1)NC1CCN(C(=O)C(C)C)C1.I. The average Bonchev–Trinajstić information content (AvgIpc) is 3.21. The van der Waals surface area contributed by atoms with Gasteiger partial charge in [0.15, 0.2) is 5.96 Å². The first kappa shape index (κ1) is 25.9. The van der Waals surface area contributed by atoms with E-state index in [1.54, 1.807) is 0 Å². The van der Waals surface area contributed by atoms with Gasteiger partial charge in [0.1, 0.15) is 0 Å². The van der Waals surface area contributed by atoms with Gasteiger partial charge in [-0.2, -0.15) is 0 Å². The van der Waals surface area contributed by atoms with Gasteiger partial charge in [0.05, 0.1) is 6.54 Å². The van der Waals surface area contributed by atoms with E-state index >= 15 is 0 Å². The molecule has 31 heavy (non-hydrogen) atoms. The number of guanidine groups is 1. The largest absolute Gasteiger partial charge is 0.357 e. The molecule has 0 aliphatic carbocycles. The summed E-state index contributed by atoms with van der Waals surface area (Å²) in [7, 11) is 0. The van der Waals surface area contributed by atoms with Crippen LogP contribution in [0, 0.1) is 5.92 Å². The maximum Gasteiger partial charge on any atom is 0.225 e. The Bertz CT molecular complexity index is 696. The Balaban J connectivity index is 0.00000341. The summed E-state index contributed by atoms with van der Waals surface area (Å²) >= 11 is 0. The number of halogens is 1. The third-order valence-corrected chi connectivity index (χ3v) is 6.12. The first-order valence-electron chi connectivity index (χ1n) is 11.7. The number of benzene rings is 1. The van der Waals surface area contributed by atoms with Gasteiger partial charge in [-0.1, -0.05) is 50.6 Å². The minimum absolute atomic E-state index is 0. The minimum atomic E-state index is 0. The monoisotopic (exact) mass is 541 g/mol. The third kappa shape index (κ3) is 7.93. The number of piperidine rings is 1. The van der Waals surface area contributed by atoms with Crippen molar-refractivity contribution in [2.45, 2.75) is 65.1 Å². The van der Waals surface area contributed by atoms with Crippen LogP contribution in [-0.4, -0.2) is 66.5 Å². The smallest absolute Gasteiger partial charge is 0.225 e. The maximum absolute atomic E-state index is 12.3. The number of nitrogens with zero attached hydrogens (tertiary/aromatic N) is 3. The van der Waals surface area contributed by atoms with E-state index in [0.717, 1.165) is 51.6 Å². The lowest BCUT2D eigenvalue weighted by atomic mass is 10.0. The molecule has 2 unspecified atom stereocenters. The van der Waals surface area contributed by atoms with Crippen LogP contribution >= 0.6 is 24.0 Å². The molecular weight excluding hydrogens is 501 g/mol. The highest BCUT2D eigenvalue weighted by Crippen LogP contribution is 2.20. The van der Waals surface area contributed by atoms with Crippen LogP contribution in [0.15, 0.2) is 35.3 Å². The van der Waals surface area contributed by atoms with Crippen molar-refractivity contribution < 1.29 is 4.79 Å². The summed E-state index contributed by atoms with van der Waals surface area (Å²) in [5.41, 5.74) is 1.37. The second-order valence-electron chi connectivity index (χ2n) is 8.89. The molecule has 0 aromatic heterocycles. The molecule has 0 radical (unpaired) electrons. The molecule has 2 fully saturated rings. The van der Waals surface area contributed by atoms with Gasteiger partial charge in [-0.25, -0.2) is 0 Å². The van der Waals surface area contributed by atoms with Crippen molar-refractivity contribution in [3.8, 4) is 0 Å². The van der Waals surface area contributed by atoms with Crippen molar-refractivity contribution in [2.24, 2.45) is 10.9 Å². The van der Waals surface area contributed by atoms with E-state index in [2.05, 4.69) is 52.8 Å². The van der Waals surface area contributed by atoms with Crippen molar-refractivity contribution in [2.75, 3.05) is 32.7 Å². The molecule has 7 heteroatoms. The molecule has 1 amide bonds. The molecule has 6 nitrogen and oxygen atoms in total. The fourth-order valence-corrected chi connectivity index (χ4v) is 4.45. The van der Waals surface area contributed by atoms with Crippen LogP contribution in [0.5, 0.6) is 0 Å². The lowest BCUT2D eigenvalue weighted by Gasteiger charge is -2.35. The number of hydrogen-bond donors (Lipinski definition) is 2. The maximum atomic E-state index is 12.3. The number of hydrogen-bond acceptors (Lipinski definition) is 3. The highest BCUT2D eigenvalue weighted by molar-refractivity contribution is 14.0. The predicted molar refractivity (Wildman–Crippen MR) is 139 cm³/mol. The fourth-order valence-electron chi connectivity index (χ4n) is 4.45. The number of carbonyl (C=O) groups is 1.